The normalized spacial score (nSPS) is 18.7. The SMILES string of the molecule is Cl.NC[C@@H]1CN(C(=O)CCCc2ccc3[nH]c(=O)[nH]c3c2)C[C@H]1c1ccccc1. The van der Waals surface area contributed by atoms with Gasteiger partial charge in [-0.2, -0.15) is 0 Å². The van der Waals surface area contributed by atoms with E-state index in [1.54, 1.807) is 0 Å². The number of benzene rings is 2. The highest BCUT2D eigenvalue weighted by atomic mass is 35.5. The zero-order valence-corrected chi connectivity index (χ0v) is 17.1. The number of nitrogens with zero attached hydrogens (tertiary/aromatic N) is 1. The second kappa shape index (κ2) is 9.29. The van der Waals surface area contributed by atoms with Gasteiger partial charge in [0.25, 0.3) is 0 Å². The Kier molecular flexibility index (Phi) is 6.77. The number of fused-ring (bicyclic) bond motifs is 1. The highest BCUT2D eigenvalue weighted by Crippen LogP contribution is 2.32. The predicted molar refractivity (Wildman–Crippen MR) is 117 cm³/mol. The van der Waals surface area contributed by atoms with Gasteiger partial charge in [0, 0.05) is 25.4 Å². The number of nitrogens with one attached hydrogen (secondary N) is 2. The Labute approximate surface area is 175 Å². The van der Waals surface area contributed by atoms with E-state index in [0.717, 1.165) is 42.5 Å². The fourth-order valence-corrected chi connectivity index (χ4v) is 4.23. The van der Waals surface area contributed by atoms with Crippen molar-refractivity contribution in [3.05, 3.63) is 70.1 Å². The second-order valence-electron chi connectivity index (χ2n) is 7.62. The number of aryl methyl sites for hydroxylation is 1. The van der Waals surface area contributed by atoms with E-state index in [2.05, 4.69) is 22.1 Å². The summed E-state index contributed by atoms with van der Waals surface area (Å²) in [5, 5.41) is 0. The Hall–Kier alpha value is -2.57. The van der Waals surface area contributed by atoms with Crippen molar-refractivity contribution >= 4 is 29.3 Å². The van der Waals surface area contributed by atoms with Crippen LogP contribution in [-0.4, -0.2) is 40.4 Å². The molecule has 2 atom stereocenters. The minimum absolute atomic E-state index is 0. The van der Waals surface area contributed by atoms with E-state index in [1.165, 1.54) is 5.56 Å². The Bertz CT molecular complexity index is 1010. The number of carbonyl (C=O) groups is 1. The molecule has 0 unspecified atom stereocenters. The van der Waals surface area contributed by atoms with Crippen molar-refractivity contribution in [3.8, 4) is 0 Å². The maximum atomic E-state index is 12.7. The molecule has 0 bridgehead atoms. The third kappa shape index (κ3) is 4.71. The number of likely N-dealkylation sites (tertiary alicyclic amines) is 1. The summed E-state index contributed by atoms with van der Waals surface area (Å²) < 4.78 is 0. The lowest BCUT2D eigenvalue weighted by atomic mass is 9.89. The van der Waals surface area contributed by atoms with Crippen LogP contribution in [0.1, 0.15) is 29.9 Å². The zero-order chi connectivity index (χ0) is 19.5. The molecule has 1 aliphatic rings. The molecule has 3 aromatic rings. The summed E-state index contributed by atoms with van der Waals surface area (Å²) in [6.45, 7) is 2.09. The first-order valence-corrected chi connectivity index (χ1v) is 9.88. The van der Waals surface area contributed by atoms with Gasteiger partial charge < -0.3 is 20.6 Å². The van der Waals surface area contributed by atoms with E-state index in [0.29, 0.717) is 24.8 Å². The van der Waals surface area contributed by atoms with Crippen molar-refractivity contribution in [2.24, 2.45) is 11.7 Å². The Morgan fingerprint density at radius 2 is 1.83 bits per heavy atom. The molecule has 1 amide bonds. The van der Waals surface area contributed by atoms with Crippen LogP contribution in [0.2, 0.25) is 0 Å². The Morgan fingerprint density at radius 1 is 1.07 bits per heavy atom. The van der Waals surface area contributed by atoms with Crippen LogP contribution in [0.5, 0.6) is 0 Å². The number of hydrogen-bond acceptors (Lipinski definition) is 3. The second-order valence-corrected chi connectivity index (χ2v) is 7.62. The fraction of sp³-hybridized carbons (Fsp3) is 0.364. The van der Waals surface area contributed by atoms with Crippen LogP contribution in [0.25, 0.3) is 11.0 Å². The van der Waals surface area contributed by atoms with E-state index in [4.69, 9.17) is 5.73 Å². The summed E-state index contributed by atoms with van der Waals surface area (Å²) >= 11 is 0. The molecule has 1 fully saturated rings. The van der Waals surface area contributed by atoms with Crippen molar-refractivity contribution in [1.82, 2.24) is 14.9 Å². The van der Waals surface area contributed by atoms with Gasteiger partial charge in [0.05, 0.1) is 11.0 Å². The van der Waals surface area contributed by atoms with E-state index < -0.39 is 0 Å². The van der Waals surface area contributed by atoms with Gasteiger partial charge in [-0.1, -0.05) is 36.4 Å². The van der Waals surface area contributed by atoms with Crippen LogP contribution < -0.4 is 11.4 Å². The van der Waals surface area contributed by atoms with Crippen LogP contribution in [0.4, 0.5) is 0 Å². The Balaban J connectivity index is 0.00000240. The van der Waals surface area contributed by atoms with Gasteiger partial charge in [-0.25, -0.2) is 4.79 Å². The fourth-order valence-electron chi connectivity index (χ4n) is 4.23. The number of rotatable bonds is 6. The van der Waals surface area contributed by atoms with E-state index in [-0.39, 0.29) is 24.0 Å². The van der Waals surface area contributed by atoms with Gasteiger partial charge in [0.1, 0.15) is 0 Å². The van der Waals surface area contributed by atoms with E-state index in [1.807, 2.05) is 41.3 Å². The van der Waals surface area contributed by atoms with Gasteiger partial charge >= 0.3 is 5.69 Å². The van der Waals surface area contributed by atoms with Crippen molar-refractivity contribution in [2.45, 2.75) is 25.2 Å². The average molecular weight is 415 g/mol. The van der Waals surface area contributed by atoms with Crippen molar-refractivity contribution in [3.63, 3.8) is 0 Å². The van der Waals surface area contributed by atoms with Crippen LogP contribution in [0.15, 0.2) is 53.3 Å². The standard InChI is InChI=1S/C22H26N4O2.ClH/c23-12-17-13-26(14-18(17)16-6-2-1-3-7-16)21(27)8-4-5-15-9-10-19-20(11-15)25-22(28)24-19;/h1-3,6-7,9-11,17-18H,4-5,8,12-14,23H2,(H2,24,25,28);1H/t17-,18+;/m1./s1. The van der Waals surface area contributed by atoms with Crippen molar-refractivity contribution < 1.29 is 4.79 Å². The minimum atomic E-state index is -0.196. The highest BCUT2D eigenvalue weighted by Gasteiger charge is 2.34. The van der Waals surface area contributed by atoms with E-state index >= 15 is 0 Å². The molecule has 6 nitrogen and oxygen atoms in total. The lowest BCUT2D eigenvalue weighted by Gasteiger charge is -2.17. The quantitative estimate of drug-likeness (QED) is 0.578. The predicted octanol–water partition coefficient (Wildman–Crippen LogP) is 2.80. The molecular weight excluding hydrogens is 388 g/mol. The molecule has 7 heteroatoms. The average Bonchev–Trinajstić information content (AvgIpc) is 3.31. The number of carbonyl (C=O) groups excluding carboxylic acids is 1. The zero-order valence-electron chi connectivity index (χ0n) is 16.3. The molecule has 4 rings (SSSR count). The number of H-pyrrole nitrogens is 2. The Morgan fingerprint density at radius 3 is 2.59 bits per heavy atom. The smallest absolute Gasteiger partial charge is 0.323 e. The van der Waals surface area contributed by atoms with Crippen LogP contribution in [-0.2, 0) is 11.2 Å². The number of amides is 1. The molecule has 0 spiro atoms. The number of nitrogens with two attached hydrogens (primary N) is 1. The largest absolute Gasteiger partial charge is 0.342 e. The highest BCUT2D eigenvalue weighted by molar-refractivity contribution is 5.85. The summed E-state index contributed by atoms with van der Waals surface area (Å²) in [4.78, 5) is 31.6. The number of aromatic amines is 2. The minimum Gasteiger partial charge on any atom is -0.342 e. The first-order valence-electron chi connectivity index (χ1n) is 9.88. The van der Waals surface area contributed by atoms with Gasteiger partial charge in [-0.15, -0.1) is 12.4 Å². The summed E-state index contributed by atoms with van der Waals surface area (Å²) in [7, 11) is 0. The summed E-state index contributed by atoms with van der Waals surface area (Å²) in [6.07, 6.45) is 2.13. The first-order chi connectivity index (χ1) is 13.6. The summed E-state index contributed by atoms with van der Waals surface area (Å²) in [5.41, 5.74) is 9.79. The summed E-state index contributed by atoms with van der Waals surface area (Å²) in [5.74, 6) is 0.843. The van der Waals surface area contributed by atoms with Crippen LogP contribution in [0.3, 0.4) is 0 Å². The van der Waals surface area contributed by atoms with Crippen LogP contribution in [0, 0.1) is 5.92 Å². The molecule has 2 heterocycles. The van der Waals surface area contributed by atoms with Gasteiger partial charge in [0.2, 0.25) is 5.91 Å². The number of imidazole rings is 1. The topological polar surface area (TPSA) is 95.0 Å². The van der Waals surface area contributed by atoms with Crippen molar-refractivity contribution in [2.75, 3.05) is 19.6 Å². The lowest BCUT2D eigenvalue weighted by Crippen LogP contribution is -2.29. The third-order valence-corrected chi connectivity index (χ3v) is 5.76. The van der Waals surface area contributed by atoms with Gasteiger partial charge in [-0.3, -0.25) is 4.79 Å². The van der Waals surface area contributed by atoms with Crippen molar-refractivity contribution in [1.29, 1.82) is 0 Å². The van der Waals surface area contributed by atoms with Crippen LogP contribution >= 0.6 is 12.4 Å². The summed E-state index contributed by atoms with van der Waals surface area (Å²) in [6, 6.07) is 16.2. The monoisotopic (exact) mass is 414 g/mol. The van der Waals surface area contributed by atoms with Gasteiger partial charge in [0.15, 0.2) is 0 Å². The van der Waals surface area contributed by atoms with Gasteiger partial charge in [-0.05, 0) is 48.6 Å². The maximum absolute atomic E-state index is 12.7. The molecule has 4 N–H and O–H groups in total. The molecule has 29 heavy (non-hydrogen) atoms. The number of aromatic nitrogens is 2. The molecule has 2 aromatic carbocycles. The van der Waals surface area contributed by atoms with E-state index in [9.17, 15) is 9.59 Å². The molecule has 0 saturated carbocycles. The number of halogens is 1. The third-order valence-electron chi connectivity index (χ3n) is 5.76. The molecule has 1 saturated heterocycles. The molecule has 1 aromatic heterocycles. The molecule has 1 aliphatic heterocycles. The lowest BCUT2D eigenvalue weighted by molar-refractivity contribution is -0.130. The molecule has 0 aliphatic carbocycles. The molecular formula is C22H27ClN4O2. The number of hydrogen-bond donors (Lipinski definition) is 3. The molecule has 0 radical (unpaired) electrons. The maximum Gasteiger partial charge on any atom is 0.323 e. The first kappa shape index (κ1) is 21.1. The molecule has 154 valence electrons.